The molecule has 0 radical (unpaired) electrons. The number of hydrogen-bond donors (Lipinski definition) is 1. The van der Waals surface area contributed by atoms with Crippen LogP contribution in [0.3, 0.4) is 0 Å². The first-order valence-electron chi connectivity index (χ1n) is 5.67. The van der Waals surface area contributed by atoms with Crippen LogP contribution in [0, 0.1) is 5.82 Å². The fourth-order valence-corrected chi connectivity index (χ4v) is 3.36. The molecule has 1 N–H and O–H groups in total. The van der Waals surface area contributed by atoms with Crippen molar-refractivity contribution in [1.82, 2.24) is 0 Å². The number of halogens is 2. The van der Waals surface area contributed by atoms with Crippen LogP contribution in [0.2, 0.25) is 5.02 Å². The van der Waals surface area contributed by atoms with Crippen LogP contribution < -0.4 is 0 Å². The van der Waals surface area contributed by atoms with Crippen LogP contribution in [-0.2, 0) is 14.6 Å². The van der Waals surface area contributed by atoms with Crippen LogP contribution in [0.25, 0.3) is 0 Å². The van der Waals surface area contributed by atoms with Gasteiger partial charge in [0.2, 0.25) is 0 Å². The van der Waals surface area contributed by atoms with Gasteiger partial charge in [-0.1, -0.05) is 11.6 Å². The van der Waals surface area contributed by atoms with Gasteiger partial charge in [0.05, 0.1) is 10.8 Å². The monoisotopic (exact) mass is 324 g/mol. The van der Waals surface area contributed by atoms with E-state index in [4.69, 9.17) is 21.4 Å². The molecule has 1 aromatic carbocycles. The highest BCUT2D eigenvalue weighted by atomic mass is 35.5. The Morgan fingerprint density at radius 1 is 1.50 bits per heavy atom. The number of sulfone groups is 1. The van der Waals surface area contributed by atoms with Gasteiger partial charge in [0.1, 0.15) is 4.90 Å². The zero-order valence-electron chi connectivity index (χ0n) is 10.9. The Morgan fingerprint density at radius 2 is 2.10 bits per heavy atom. The molecular formula is C12H14ClFO5S. The van der Waals surface area contributed by atoms with Gasteiger partial charge in [-0.25, -0.2) is 17.6 Å². The summed E-state index contributed by atoms with van der Waals surface area (Å²) in [5.41, 5.74) is -0.769. The first-order valence-corrected chi connectivity index (χ1v) is 7.59. The molecule has 1 unspecified atom stereocenters. The van der Waals surface area contributed by atoms with Crippen molar-refractivity contribution >= 4 is 27.4 Å². The van der Waals surface area contributed by atoms with Gasteiger partial charge in [-0.3, -0.25) is 0 Å². The molecule has 5 nitrogen and oxygen atoms in total. The number of carbonyl (C=O) groups is 1. The van der Waals surface area contributed by atoms with Gasteiger partial charge in [-0.05, 0) is 25.5 Å². The highest BCUT2D eigenvalue weighted by Gasteiger charge is 2.29. The summed E-state index contributed by atoms with van der Waals surface area (Å²) in [6.45, 7) is 1.59. The van der Waals surface area contributed by atoms with E-state index in [1.807, 2.05) is 0 Å². The molecule has 1 aromatic rings. The summed E-state index contributed by atoms with van der Waals surface area (Å²) < 4.78 is 43.3. The average molecular weight is 325 g/mol. The first-order chi connectivity index (χ1) is 9.21. The molecule has 0 heterocycles. The molecule has 112 valence electrons. The fraction of sp³-hybridized carbons (Fsp3) is 0.417. The fourth-order valence-electron chi connectivity index (χ4n) is 1.58. The Bertz CT molecular complexity index is 615. The smallest absolute Gasteiger partial charge is 0.338 e. The van der Waals surface area contributed by atoms with E-state index < -0.39 is 37.3 Å². The van der Waals surface area contributed by atoms with E-state index in [9.17, 15) is 17.6 Å². The molecule has 0 aliphatic rings. The second-order valence-corrected chi connectivity index (χ2v) is 6.98. The predicted molar refractivity (Wildman–Crippen MR) is 71.5 cm³/mol. The Hall–Kier alpha value is -1.18. The molecule has 0 spiro atoms. The third-order valence-electron chi connectivity index (χ3n) is 2.80. The maximum atomic E-state index is 14.0. The molecule has 0 fully saturated rings. The highest BCUT2D eigenvalue weighted by molar-refractivity contribution is 7.92. The lowest BCUT2D eigenvalue weighted by molar-refractivity contribution is 0.0691. The lowest BCUT2D eigenvalue weighted by Gasteiger charge is -2.14. The number of benzene rings is 1. The summed E-state index contributed by atoms with van der Waals surface area (Å²) in [4.78, 5) is 10.2. The summed E-state index contributed by atoms with van der Waals surface area (Å²) in [6.07, 6.45) is 0.160. The third-order valence-corrected chi connectivity index (χ3v) is 5.22. The molecule has 0 saturated carbocycles. The van der Waals surface area contributed by atoms with Gasteiger partial charge in [0, 0.05) is 18.7 Å². The lowest BCUT2D eigenvalue weighted by Crippen LogP contribution is -2.22. The first kappa shape index (κ1) is 16.9. The zero-order chi connectivity index (χ0) is 15.5. The zero-order valence-corrected chi connectivity index (χ0v) is 12.5. The van der Waals surface area contributed by atoms with Crippen LogP contribution in [0.15, 0.2) is 17.0 Å². The van der Waals surface area contributed by atoms with Crippen LogP contribution in [0.4, 0.5) is 4.39 Å². The number of rotatable bonds is 6. The Morgan fingerprint density at radius 3 is 2.60 bits per heavy atom. The summed E-state index contributed by atoms with van der Waals surface area (Å²) in [6, 6.07) is 1.79. The summed E-state index contributed by atoms with van der Waals surface area (Å²) in [7, 11) is -2.60. The lowest BCUT2D eigenvalue weighted by atomic mass is 10.2. The maximum absolute atomic E-state index is 14.0. The van der Waals surface area contributed by atoms with Crippen molar-refractivity contribution < 1.29 is 27.4 Å². The number of aromatic carboxylic acids is 1. The maximum Gasteiger partial charge on any atom is 0.338 e. The Balaban J connectivity index is 3.35. The van der Waals surface area contributed by atoms with Crippen molar-refractivity contribution in [2.45, 2.75) is 23.5 Å². The molecule has 1 rings (SSSR count). The van der Waals surface area contributed by atoms with E-state index >= 15 is 0 Å². The SMILES string of the molecule is COCCC(C)S(=O)(=O)c1cc(Cl)cc(C(=O)O)c1F. The number of hydrogen-bond acceptors (Lipinski definition) is 4. The van der Waals surface area contributed by atoms with E-state index in [-0.39, 0.29) is 18.1 Å². The predicted octanol–water partition coefficient (Wildman–Crippen LogP) is 2.38. The number of carboxylic acids is 1. The average Bonchev–Trinajstić information content (AvgIpc) is 2.37. The number of ether oxygens (including phenoxy) is 1. The van der Waals surface area contributed by atoms with Crippen LogP contribution in [0.1, 0.15) is 23.7 Å². The number of methoxy groups -OCH3 is 1. The standard InChI is InChI=1S/C12H14ClFO5S/c1-7(3-4-19-2)20(17,18)10-6-8(13)5-9(11(10)14)12(15)16/h5-7H,3-4H2,1-2H3,(H,15,16). The molecule has 1 atom stereocenters. The molecule has 20 heavy (non-hydrogen) atoms. The third kappa shape index (κ3) is 3.47. The van der Waals surface area contributed by atoms with Gasteiger partial charge in [0.15, 0.2) is 15.7 Å². The van der Waals surface area contributed by atoms with Gasteiger partial charge >= 0.3 is 5.97 Å². The van der Waals surface area contributed by atoms with Crippen LogP contribution in [0.5, 0.6) is 0 Å². The molecule has 8 heteroatoms. The van der Waals surface area contributed by atoms with E-state index in [2.05, 4.69) is 0 Å². The normalized spacial score (nSPS) is 13.2. The molecule has 0 amide bonds. The molecule has 0 aromatic heterocycles. The van der Waals surface area contributed by atoms with Gasteiger partial charge < -0.3 is 9.84 Å². The Labute approximate surface area is 121 Å². The van der Waals surface area contributed by atoms with E-state index in [1.165, 1.54) is 14.0 Å². The minimum atomic E-state index is -4.02. The molecular weight excluding hydrogens is 311 g/mol. The second-order valence-electron chi connectivity index (χ2n) is 4.21. The Kier molecular flexibility index (Phi) is 5.50. The quantitative estimate of drug-likeness (QED) is 0.869. The summed E-state index contributed by atoms with van der Waals surface area (Å²) in [5, 5.41) is 7.78. The summed E-state index contributed by atoms with van der Waals surface area (Å²) >= 11 is 5.66. The molecule has 0 saturated heterocycles. The molecule has 0 bridgehead atoms. The van der Waals surface area contributed by atoms with E-state index in [0.29, 0.717) is 0 Å². The van der Waals surface area contributed by atoms with Crippen molar-refractivity contribution in [2.24, 2.45) is 0 Å². The summed E-state index contributed by atoms with van der Waals surface area (Å²) in [5.74, 6) is -2.88. The minimum absolute atomic E-state index is 0.152. The van der Waals surface area contributed by atoms with Crippen molar-refractivity contribution in [2.75, 3.05) is 13.7 Å². The van der Waals surface area contributed by atoms with E-state index in [1.54, 1.807) is 0 Å². The number of carboxylic acid groups (broad SMARTS) is 1. The van der Waals surface area contributed by atoms with Gasteiger partial charge in [-0.2, -0.15) is 0 Å². The molecule has 0 aliphatic carbocycles. The second kappa shape index (κ2) is 6.51. The van der Waals surface area contributed by atoms with Crippen molar-refractivity contribution in [3.63, 3.8) is 0 Å². The highest BCUT2D eigenvalue weighted by Crippen LogP contribution is 2.27. The van der Waals surface area contributed by atoms with Gasteiger partial charge in [0.25, 0.3) is 0 Å². The van der Waals surface area contributed by atoms with Crippen LogP contribution >= 0.6 is 11.6 Å². The van der Waals surface area contributed by atoms with Gasteiger partial charge in [-0.15, -0.1) is 0 Å². The van der Waals surface area contributed by atoms with Crippen molar-refractivity contribution in [3.8, 4) is 0 Å². The van der Waals surface area contributed by atoms with E-state index in [0.717, 1.165) is 12.1 Å². The largest absolute Gasteiger partial charge is 0.478 e. The van der Waals surface area contributed by atoms with Crippen molar-refractivity contribution in [1.29, 1.82) is 0 Å². The minimum Gasteiger partial charge on any atom is -0.478 e. The topological polar surface area (TPSA) is 80.7 Å². The molecule has 0 aliphatic heterocycles. The van der Waals surface area contributed by atoms with Crippen LogP contribution in [-0.4, -0.2) is 38.5 Å². The van der Waals surface area contributed by atoms with Crippen molar-refractivity contribution in [3.05, 3.63) is 28.5 Å².